The summed E-state index contributed by atoms with van der Waals surface area (Å²) in [6.45, 7) is 2.80. The van der Waals surface area contributed by atoms with Gasteiger partial charge in [0.15, 0.2) is 0 Å². The second-order valence-corrected chi connectivity index (χ2v) is 9.04. The molecular weight excluding hydrogens is 438 g/mol. The summed E-state index contributed by atoms with van der Waals surface area (Å²) in [7, 11) is 0. The largest absolute Gasteiger partial charge is 0.755 e. The van der Waals surface area contributed by atoms with Gasteiger partial charge in [-0.25, -0.2) is 4.98 Å². The standard InChI is InChI=1S/C24H25N5O3S/c1-14-11-16(28-33(30)31)6-8-18(14)23-22(26)19-9-7-17(32-24-20(25)3-2-10-27-24)12-21(19)29(23)13-15-4-5-15/h2-3,6-12,15,28H,4-5,13,25-26H2,1H3,(H,30,31)/p-1. The molecule has 5 rings (SSSR count). The number of aromatic nitrogens is 2. The van der Waals surface area contributed by atoms with Crippen molar-refractivity contribution in [3.8, 4) is 22.9 Å². The first-order valence-corrected chi connectivity index (χ1v) is 11.7. The van der Waals surface area contributed by atoms with Crippen molar-refractivity contribution >= 4 is 39.2 Å². The number of fused-ring (bicyclic) bond motifs is 1. The van der Waals surface area contributed by atoms with E-state index >= 15 is 0 Å². The van der Waals surface area contributed by atoms with E-state index in [0.29, 0.717) is 34.6 Å². The molecule has 1 unspecified atom stereocenters. The molecule has 0 bridgehead atoms. The van der Waals surface area contributed by atoms with Gasteiger partial charge in [0.25, 0.3) is 0 Å². The molecule has 2 heterocycles. The van der Waals surface area contributed by atoms with Crippen LogP contribution in [0, 0.1) is 12.8 Å². The van der Waals surface area contributed by atoms with Crippen LogP contribution < -0.4 is 20.9 Å². The lowest BCUT2D eigenvalue weighted by molar-refractivity contribution is 0.466. The van der Waals surface area contributed by atoms with Crippen LogP contribution in [0.2, 0.25) is 0 Å². The highest BCUT2D eigenvalue weighted by Crippen LogP contribution is 2.42. The van der Waals surface area contributed by atoms with Crippen LogP contribution in [0.25, 0.3) is 22.2 Å². The van der Waals surface area contributed by atoms with Gasteiger partial charge in [-0.15, -0.1) is 0 Å². The Balaban J connectivity index is 1.62. The first-order chi connectivity index (χ1) is 15.9. The second-order valence-electron chi connectivity index (χ2n) is 8.36. The molecule has 33 heavy (non-hydrogen) atoms. The number of anilines is 3. The van der Waals surface area contributed by atoms with Crippen molar-refractivity contribution in [3.05, 3.63) is 60.3 Å². The summed E-state index contributed by atoms with van der Waals surface area (Å²) in [5.41, 5.74) is 18.1. The van der Waals surface area contributed by atoms with E-state index in [1.807, 2.05) is 37.3 Å². The molecule has 170 valence electrons. The van der Waals surface area contributed by atoms with Gasteiger partial charge in [0.2, 0.25) is 5.88 Å². The van der Waals surface area contributed by atoms with Crippen LogP contribution in [0.1, 0.15) is 18.4 Å². The van der Waals surface area contributed by atoms with Gasteiger partial charge < -0.3 is 30.0 Å². The average Bonchev–Trinajstić information content (AvgIpc) is 3.55. The molecule has 0 saturated heterocycles. The average molecular weight is 463 g/mol. The zero-order valence-corrected chi connectivity index (χ0v) is 18.9. The van der Waals surface area contributed by atoms with E-state index in [4.69, 9.17) is 16.2 Å². The molecule has 4 aromatic rings. The van der Waals surface area contributed by atoms with E-state index < -0.39 is 11.3 Å². The molecule has 9 heteroatoms. The number of ether oxygens (including phenoxy) is 1. The summed E-state index contributed by atoms with van der Waals surface area (Å²) in [5.74, 6) is 1.60. The van der Waals surface area contributed by atoms with E-state index in [1.54, 1.807) is 24.4 Å². The minimum absolute atomic E-state index is 0.361. The Kier molecular flexibility index (Phi) is 5.43. The van der Waals surface area contributed by atoms with E-state index in [9.17, 15) is 8.76 Å². The summed E-state index contributed by atoms with van der Waals surface area (Å²) in [6, 6.07) is 14.8. The molecule has 8 nitrogen and oxygen atoms in total. The van der Waals surface area contributed by atoms with E-state index in [1.165, 1.54) is 12.8 Å². The quantitative estimate of drug-likeness (QED) is 0.344. The van der Waals surface area contributed by atoms with Gasteiger partial charge in [-0.3, -0.25) is 4.21 Å². The Bertz CT molecular complexity index is 1380. The first-order valence-electron chi connectivity index (χ1n) is 10.7. The monoisotopic (exact) mass is 462 g/mol. The van der Waals surface area contributed by atoms with Crippen molar-refractivity contribution in [3.63, 3.8) is 0 Å². The number of nitrogens with two attached hydrogens (primary N) is 2. The summed E-state index contributed by atoms with van der Waals surface area (Å²) >= 11 is -2.38. The van der Waals surface area contributed by atoms with Crippen molar-refractivity contribution < 1.29 is 13.5 Å². The second kappa shape index (κ2) is 8.42. The number of pyridine rings is 1. The van der Waals surface area contributed by atoms with E-state index in [2.05, 4.69) is 14.3 Å². The number of hydrogen-bond acceptors (Lipinski definition) is 6. The summed E-state index contributed by atoms with van der Waals surface area (Å²) < 4.78 is 32.6. The van der Waals surface area contributed by atoms with Gasteiger partial charge in [-0.05, 0) is 67.6 Å². The van der Waals surface area contributed by atoms with Crippen LogP contribution in [0.5, 0.6) is 11.6 Å². The van der Waals surface area contributed by atoms with E-state index in [0.717, 1.165) is 34.3 Å². The normalized spacial score (nSPS) is 14.4. The molecule has 1 atom stereocenters. The molecular formula is C24H24N5O3S-. The number of nitrogen functional groups attached to an aromatic ring is 2. The maximum absolute atomic E-state index is 11.0. The maximum atomic E-state index is 11.0. The highest BCUT2D eigenvalue weighted by atomic mass is 32.2. The molecule has 2 aromatic heterocycles. The van der Waals surface area contributed by atoms with Gasteiger partial charge in [0, 0.05) is 46.7 Å². The molecule has 1 aliphatic carbocycles. The Morgan fingerprint density at radius 3 is 2.73 bits per heavy atom. The molecule has 2 aromatic carbocycles. The topological polar surface area (TPSA) is 131 Å². The Labute approximate surface area is 194 Å². The number of hydrogen-bond donors (Lipinski definition) is 3. The lowest BCUT2D eigenvalue weighted by atomic mass is 10.0. The van der Waals surface area contributed by atoms with Crippen molar-refractivity contribution in [1.82, 2.24) is 9.55 Å². The lowest BCUT2D eigenvalue weighted by Gasteiger charge is -2.15. The van der Waals surface area contributed by atoms with Gasteiger partial charge >= 0.3 is 0 Å². The van der Waals surface area contributed by atoms with Crippen LogP contribution in [-0.4, -0.2) is 18.3 Å². The zero-order chi connectivity index (χ0) is 23.1. The van der Waals surface area contributed by atoms with Gasteiger partial charge in [0.1, 0.15) is 5.75 Å². The zero-order valence-electron chi connectivity index (χ0n) is 18.1. The number of rotatable bonds is 7. The van der Waals surface area contributed by atoms with Crippen LogP contribution in [-0.2, 0) is 17.8 Å². The van der Waals surface area contributed by atoms with Crippen LogP contribution in [0.3, 0.4) is 0 Å². The summed E-state index contributed by atoms with van der Waals surface area (Å²) in [5, 5.41) is 0.939. The first kappa shape index (κ1) is 21.3. The third-order valence-corrected chi connectivity index (χ3v) is 6.31. The molecule has 0 aliphatic heterocycles. The smallest absolute Gasteiger partial charge is 0.242 e. The van der Waals surface area contributed by atoms with Crippen molar-refractivity contribution in [1.29, 1.82) is 0 Å². The molecule has 1 fully saturated rings. The minimum Gasteiger partial charge on any atom is -0.755 e. The van der Waals surface area contributed by atoms with Gasteiger partial charge in [-0.2, -0.15) is 0 Å². The van der Waals surface area contributed by atoms with Crippen molar-refractivity contribution in [2.24, 2.45) is 5.92 Å². The third-order valence-electron chi connectivity index (χ3n) is 5.91. The molecule has 0 spiro atoms. The molecule has 0 radical (unpaired) electrons. The summed E-state index contributed by atoms with van der Waals surface area (Å²) in [6.07, 6.45) is 4.02. The molecule has 0 amide bonds. The van der Waals surface area contributed by atoms with Crippen LogP contribution >= 0.6 is 0 Å². The predicted molar refractivity (Wildman–Crippen MR) is 131 cm³/mol. The number of nitrogens with one attached hydrogen (secondary N) is 1. The minimum atomic E-state index is -2.38. The highest BCUT2D eigenvalue weighted by molar-refractivity contribution is 7.80. The fourth-order valence-corrected chi connectivity index (χ4v) is 4.47. The molecule has 1 saturated carbocycles. The van der Waals surface area contributed by atoms with Crippen LogP contribution in [0.15, 0.2) is 54.7 Å². The lowest BCUT2D eigenvalue weighted by Crippen LogP contribution is -2.05. The van der Waals surface area contributed by atoms with Crippen molar-refractivity contribution in [2.75, 3.05) is 16.2 Å². The van der Waals surface area contributed by atoms with Gasteiger partial charge in [0.05, 0.1) is 22.6 Å². The van der Waals surface area contributed by atoms with Crippen LogP contribution in [0.4, 0.5) is 17.1 Å². The fraction of sp³-hybridized carbons (Fsp3) is 0.208. The maximum Gasteiger partial charge on any atom is 0.242 e. The number of nitrogens with zero attached hydrogens (tertiary/aromatic N) is 2. The number of benzene rings is 2. The molecule has 1 aliphatic rings. The highest BCUT2D eigenvalue weighted by Gasteiger charge is 2.26. The number of aryl methyl sites for hydroxylation is 1. The Morgan fingerprint density at radius 2 is 2.03 bits per heavy atom. The SMILES string of the molecule is Cc1cc(NS(=O)[O-])ccc1-c1c(N)c2ccc(Oc3ncccc3N)cc2n1CC1CC1. The Hall–Kier alpha value is -3.56. The predicted octanol–water partition coefficient (Wildman–Crippen LogP) is 4.58. The van der Waals surface area contributed by atoms with Crippen molar-refractivity contribution in [2.45, 2.75) is 26.3 Å². The van der Waals surface area contributed by atoms with Gasteiger partial charge in [-0.1, -0.05) is 6.07 Å². The van der Waals surface area contributed by atoms with E-state index in [-0.39, 0.29) is 0 Å². The fourth-order valence-electron chi connectivity index (χ4n) is 4.15. The summed E-state index contributed by atoms with van der Waals surface area (Å²) in [4.78, 5) is 4.22. The Morgan fingerprint density at radius 1 is 1.21 bits per heavy atom. The third kappa shape index (κ3) is 4.24. The molecule has 5 N–H and O–H groups in total.